The van der Waals surface area contributed by atoms with Gasteiger partial charge in [-0.3, -0.25) is 14.5 Å². The van der Waals surface area contributed by atoms with Crippen molar-refractivity contribution in [2.45, 2.75) is 13.3 Å². The Balaban J connectivity index is 2.36. The molecule has 3 N–H and O–H groups in total. The molecule has 22 heavy (non-hydrogen) atoms. The van der Waals surface area contributed by atoms with Gasteiger partial charge in [0.1, 0.15) is 0 Å². The van der Waals surface area contributed by atoms with Crippen molar-refractivity contribution < 1.29 is 9.59 Å². The van der Waals surface area contributed by atoms with Gasteiger partial charge in [-0.05, 0) is 42.8 Å². The summed E-state index contributed by atoms with van der Waals surface area (Å²) in [5.41, 5.74) is 7.50. The Morgan fingerprint density at radius 2 is 1.59 bits per heavy atom. The maximum atomic E-state index is 12.5. The van der Waals surface area contributed by atoms with Crippen molar-refractivity contribution in [3.8, 4) is 0 Å². The van der Waals surface area contributed by atoms with Crippen LogP contribution in [-0.2, 0) is 9.59 Å². The van der Waals surface area contributed by atoms with Crippen LogP contribution in [0.15, 0.2) is 54.6 Å². The van der Waals surface area contributed by atoms with Gasteiger partial charge in [-0.2, -0.15) is 0 Å². The first kappa shape index (κ1) is 15.6. The molecule has 0 saturated carbocycles. The number of amides is 2. The van der Waals surface area contributed by atoms with Gasteiger partial charge in [0.05, 0.1) is 0 Å². The average molecular weight is 297 g/mol. The monoisotopic (exact) mass is 297 g/mol. The summed E-state index contributed by atoms with van der Waals surface area (Å²) < 4.78 is 0. The second-order valence-electron chi connectivity index (χ2n) is 4.82. The lowest BCUT2D eigenvalue weighted by atomic mass is 10.2. The predicted octanol–water partition coefficient (Wildman–Crippen LogP) is 2.46. The van der Waals surface area contributed by atoms with E-state index in [4.69, 9.17) is 5.73 Å². The van der Waals surface area contributed by atoms with Gasteiger partial charge >= 0.3 is 11.8 Å². The van der Waals surface area contributed by atoms with Crippen molar-refractivity contribution in [1.29, 1.82) is 0 Å². The Morgan fingerprint density at radius 3 is 2.18 bits per heavy atom. The molecule has 0 atom stereocenters. The van der Waals surface area contributed by atoms with Crippen LogP contribution in [0.25, 0.3) is 0 Å². The number of nitrogen functional groups attached to an aromatic ring is 1. The minimum atomic E-state index is -0.623. The van der Waals surface area contributed by atoms with Crippen molar-refractivity contribution in [1.82, 2.24) is 5.32 Å². The second kappa shape index (κ2) is 7.26. The molecule has 0 heterocycles. The quantitative estimate of drug-likeness (QED) is 0.672. The fourth-order valence-corrected chi connectivity index (χ4v) is 2.00. The fourth-order valence-electron chi connectivity index (χ4n) is 2.00. The van der Waals surface area contributed by atoms with Gasteiger partial charge in [0.2, 0.25) is 0 Å². The van der Waals surface area contributed by atoms with Crippen molar-refractivity contribution in [3.63, 3.8) is 0 Å². The highest BCUT2D eigenvalue weighted by Crippen LogP contribution is 2.26. The molecule has 0 saturated heterocycles. The number of rotatable bonds is 4. The molecule has 5 heteroatoms. The molecule has 0 radical (unpaired) electrons. The molecule has 0 aliphatic carbocycles. The average Bonchev–Trinajstić information content (AvgIpc) is 2.55. The number of hydrogen-bond acceptors (Lipinski definition) is 3. The Labute approximate surface area is 129 Å². The Bertz CT molecular complexity index is 639. The number of carbonyl (C=O) groups is 2. The zero-order valence-electron chi connectivity index (χ0n) is 12.5. The van der Waals surface area contributed by atoms with Gasteiger partial charge in [0.25, 0.3) is 0 Å². The van der Waals surface area contributed by atoms with E-state index in [0.29, 0.717) is 23.6 Å². The van der Waals surface area contributed by atoms with E-state index in [2.05, 4.69) is 5.32 Å². The van der Waals surface area contributed by atoms with E-state index in [0.717, 1.165) is 6.42 Å². The zero-order valence-corrected chi connectivity index (χ0v) is 12.5. The molecule has 0 aliphatic heterocycles. The number of hydrogen-bond donors (Lipinski definition) is 2. The molecule has 0 bridgehead atoms. The van der Waals surface area contributed by atoms with E-state index in [1.165, 1.54) is 4.90 Å². The van der Waals surface area contributed by atoms with Crippen molar-refractivity contribution in [2.75, 3.05) is 17.2 Å². The number of para-hydroxylation sites is 1. The second-order valence-corrected chi connectivity index (χ2v) is 4.82. The SMILES string of the molecule is CCCNC(=O)C(=O)N(c1ccccc1)c1ccc(N)cc1. The first-order valence-corrected chi connectivity index (χ1v) is 7.16. The predicted molar refractivity (Wildman–Crippen MR) is 87.7 cm³/mol. The van der Waals surface area contributed by atoms with Crippen molar-refractivity contribution in [3.05, 3.63) is 54.6 Å². The van der Waals surface area contributed by atoms with Crippen molar-refractivity contribution in [2.24, 2.45) is 0 Å². The van der Waals surface area contributed by atoms with Crippen LogP contribution >= 0.6 is 0 Å². The van der Waals surface area contributed by atoms with E-state index in [9.17, 15) is 9.59 Å². The molecular formula is C17H19N3O2. The number of benzene rings is 2. The summed E-state index contributed by atoms with van der Waals surface area (Å²) in [5.74, 6) is -1.24. The Kier molecular flexibility index (Phi) is 5.14. The molecule has 0 fully saturated rings. The highest BCUT2D eigenvalue weighted by molar-refractivity contribution is 6.42. The van der Waals surface area contributed by atoms with Gasteiger partial charge in [-0.25, -0.2) is 0 Å². The van der Waals surface area contributed by atoms with Crippen LogP contribution in [0.2, 0.25) is 0 Å². The summed E-state index contributed by atoms with van der Waals surface area (Å²) >= 11 is 0. The first-order chi connectivity index (χ1) is 10.6. The molecule has 2 aromatic rings. The van der Waals surface area contributed by atoms with Crippen LogP contribution < -0.4 is 16.0 Å². The molecule has 0 spiro atoms. The maximum Gasteiger partial charge on any atom is 0.320 e. The summed E-state index contributed by atoms with van der Waals surface area (Å²) in [6.07, 6.45) is 0.770. The third-order valence-corrected chi connectivity index (χ3v) is 3.10. The minimum absolute atomic E-state index is 0.467. The van der Waals surface area contributed by atoms with Crippen molar-refractivity contribution >= 4 is 28.9 Å². The standard InChI is InChI=1S/C17H19N3O2/c1-2-12-19-16(21)17(22)20(14-6-4-3-5-7-14)15-10-8-13(18)9-11-15/h3-11H,2,12,18H2,1H3,(H,19,21). The number of nitrogens with two attached hydrogens (primary N) is 1. The van der Waals surface area contributed by atoms with Crippen LogP contribution in [0.4, 0.5) is 17.1 Å². The Hall–Kier alpha value is -2.82. The molecule has 0 aliphatic rings. The van der Waals surface area contributed by atoms with E-state index in [-0.39, 0.29) is 0 Å². The number of nitrogens with zero attached hydrogens (tertiary/aromatic N) is 1. The first-order valence-electron chi connectivity index (χ1n) is 7.16. The lowest BCUT2D eigenvalue weighted by Gasteiger charge is -2.22. The fraction of sp³-hybridized carbons (Fsp3) is 0.176. The normalized spacial score (nSPS) is 10.0. The van der Waals surface area contributed by atoms with Crippen LogP contribution in [-0.4, -0.2) is 18.4 Å². The van der Waals surface area contributed by atoms with Crippen LogP contribution in [0, 0.1) is 0 Å². The number of nitrogens with one attached hydrogen (secondary N) is 1. The lowest BCUT2D eigenvalue weighted by Crippen LogP contribution is -2.41. The van der Waals surface area contributed by atoms with Gasteiger partial charge in [-0.1, -0.05) is 25.1 Å². The topological polar surface area (TPSA) is 75.4 Å². The maximum absolute atomic E-state index is 12.5. The molecule has 0 aromatic heterocycles. The zero-order chi connectivity index (χ0) is 15.9. The summed E-state index contributed by atoms with van der Waals surface area (Å²) in [5, 5.41) is 2.61. The molecule has 114 valence electrons. The van der Waals surface area contributed by atoms with Gasteiger partial charge < -0.3 is 11.1 Å². The van der Waals surface area contributed by atoms with E-state index < -0.39 is 11.8 Å². The smallest absolute Gasteiger partial charge is 0.320 e. The van der Waals surface area contributed by atoms with E-state index >= 15 is 0 Å². The molecule has 5 nitrogen and oxygen atoms in total. The van der Waals surface area contributed by atoms with Gasteiger partial charge in [0, 0.05) is 23.6 Å². The largest absolute Gasteiger partial charge is 0.399 e. The Morgan fingerprint density at radius 1 is 1.00 bits per heavy atom. The van der Waals surface area contributed by atoms with Gasteiger partial charge in [-0.15, -0.1) is 0 Å². The highest BCUT2D eigenvalue weighted by Gasteiger charge is 2.24. The summed E-state index contributed by atoms with van der Waals surface area (Å²) in [6, 6.07) is 15.9. The summed E-state index contributed by atoms with van der Waals surface area (Å²) in [6.45, 7) is 2.40. The summed E-state index contributed by atoms with van der Waals surface area (Å²) in [7, 11) is 0. The van der Waals surface area contributed by atoms with E-state index in [1.54, 1.807) is 36.4 Å². The van der Waals surface area contributed by atoms with Crippen LogP contribution in [0.5, 0.6) is 0 Å². The third-order valence-electron chi connectivity index (χ3n) is 3.10. The van der Waals surface area contributed by atoms with E-state index in [1.807, 2.05) is 25.1 Å². The molecule has 2 aromatic carbocycles. The lowest BCUT2D eigenvalue weighted by molar-refractivity contribution is -0.137. The molecule has 2 rings (SSSR count). The third kappa shape index (κ3) is 3.63. The highest BCUT2D eigenvalue weighted by atomic mass is 16.2. The molecule has 0 unspecified atom stereocenters. The van der Waals surface area contributed by atoms with Gasteiger partial charge in [0.15, 0.2) is 0 Å². The number of carbonyl (C=O) groups excluding carboxylic acids is 2. The molecular weight excluding hydrogens is 278 g/mol. The minimum Gasteiger partial charge on any atom is -0.399 e. The van der Waals surface area contributed by atoms with Crippen LogP contribution in [0.1, 0.15) is 13.3 Å². The summed E-state index contributed by atoms with van der Waals surface area (Å²) in [4.78, 5) is 25.9. The van der Waals surface area contributed by atoms with Crippen LogP contribution in [0.3, 0.4) is 0 Å². The molecule has 2 amide bonds. The number of anilines is 3.